The molecule has 0 aliphatic rings. The molecular weight excluding hydrogens is 534 g/mol. The molecule has 0 aliphatic carbocycles. The fourth-order valence-corrected chi connectivity index (χ4v) is 3.92. The van der Waals surface area contributed by atoms with Crippen LogP contribution in [0.25, 0.3) is 5.52 Å². The second-order valence-corrected chi connectivity index (χ2v) is 9.04. The molecule has 2 aromatic heterocycles. The van der Waals surface area contributed by atoms with E-state index in [0.29, 0.717) is 47.5 Å². The molecule has 14 nitrogen and oxygen atoms in total. The first-order chi connectivity index (χ1) is 19.6. The Morgan fingerprint density at radius 1 is 1.15 bits per heavy atom. The fraction of sp³-hybridized carbons (Fsp3) is 0.370. The van der Waals surface area contributed by atoms with Crippen molar-refractivity contribution in [3.63, 3.8) is 0 Å². The maximum Gasteiger partial charge on any atom is 0.419 e. The minimum absolute atomic E-state index is 0.0594. The number of rotatable bonds is 12. The van der Waals surface area contributed by atoms with Crippen molar-refractivity contribution >= 4 is 47.3 Å². The van der Waals surface area contributed by atoms with E-state index in [-0.39, 0.29) is 18.0 Å². The van der Waals surface area contributed by atoms with Gasteiger partial charge in [0.1, 0.15) is 17.9 Å². The van der Waals surface area contributed by atoms with E-state index in [9.17, 15) is 24.0 Å². The Balaban J connectivity index is 1.82. The van der Waals surface area contributed by atoms with E-state index in [1.807, 2.05) is 13.8 Å². The number of fused-ring (bicyclic) bond motifs is 1. The van der Waals surface area contributed by atoms with Crippen LogP contribution in [0.1, 0.15) is 59.0 Å². The third-order valence-electron chi connectivity index (χ3n) is 6.11. The maximum absolute atomic E-state index is 13.4. The molecule has 0 saturated carbocycles. The van der Waals surface area contributed by atoms with Gasteiger partial charge in [-0.3, -0.25) is 14.4 Å². The zero-order valence-corrected chi connectivity index (χ0v) is 23.5. The van der Waals surface area contributed by atoms with Crippen LogP contribution in [0.4, 0.5) is 16.3 Å². The topological polar surface area (TPSA) is 173 Å². The van der Waals surface area contributed by atoms with Gasteiger partial charge in [0.15, 0.2) is 5.82 Å². The molecule has 3 aromatic rings. The van der Waals surface area contributed by atoms with Crippen LogP contribution in [0.2, 0.25) is 0 Å². The van der Waals surface area contributed by atoms with E-state index in [4.69, 9.17) is 9.47 Å². The second-order valence-electron chi connectivity index (χ2n) is 9.04. The zero-order chi connectivity index (χ0) is 30.1. The summed E-state index contributed by atoms with van der Waals surface area (Å²) < 4.78 is 11.4. The Labute approximate surface area is 236 Å². The van der Waals surface area contributed by atoms with Crippen LogP contribution in [0, 0.1) is 13.8 Å². The number of imide groups is 1. The van der Waals surface area contributed by atoms with Crippen LogP contribution in [0.5, 0.6) is 0 Å². The number of aryl methyl sites for hydroxylation is 2. The molecule has 14 heteroatoms. The predicted molar refractivity (Wildman–Crippen MR) is 148 cm³/mol. The molecule has 41 heavy (non-hydrogen) atoms. The summed E-state index contributed by atoms with van der Waals surface area (Å²) in [7, 11) is 0. The summed E-state index contributed by atoms with van der Waals surface area (Å²) in [4.78, 5) is 66.1. The average molecular weight is 568 g/mol. The quantitative estimate of drug-likeness (QED) is 0.168. The average Bonchev–Trinajstić information content (AvgIpc) is 3.29. The lowest BCUT2D eigenvalue weighted by Gasteiger charge is -2.21. The van der Waals surface area contributed by atoms with E-state index < -0.39 is 30.8 Å². The van der Waals surface area contributed by atoms with Crippen molar-refractivity contribution in [2.75, 3.05) is 25.2 Å². The molecule has 218 valence electrons. The van der Waals surface area contributed by atoms with Crippen LogP contribution in [0.3, 0.4) is 0 Å². The molecule has 1 atom stereocenters. The number of ether oxygens (including phenoxy) is 2. The summed E-state index contributed by atoms with van der Waals surface area (Å²) in [6.45, 7) is 8.48. The van der Waals surface area contributed by atoms with Gasteiger partial charge in [0.25, 0.3) is 11.8 Å². The molecule has 1 unspecified atom stereocenters. The predicted octanol–water partition coefficient (Wildman–Crippen LogP) is 2.46. The van der Waals surface area contributed by atoms with Gasteiger partial charge in [0.2, 0.25) is 13.2 Å². The minimum atomic E-state index is -0.991. The number of nitrogens with one attached hydrogen (secondary N) is 3. The van der Waals surface area contributed by atoms with Crippen LogP contribution in [-0.2, 0) is 19.1 Å². The number of benzene rings is 1. The largest absolute Gasteiger partial charge is 0.426 e. The van der Waals surface area contributed by atoms with Crippen LogP contribution >= 0.6 is 0 Å². The highest BCUT2D eigenvalue weighted by Crippen LogP contribution is 2.28. The third-order valence-corrected chi connectivity index (χ3v) is 6.11. The Bertz CT molecular complexity index is 1450. The van der Waals surface area contributed by atoms with Gasteiger partial charge in [-0.2, -0.15) is 5.10 Å². The van der Waals surface area contributed by atoms with Crippen molar-refractivity contribution in [1.82, 2.24) is 30.1 Å². The van der Waals surface area contributed by atoms with Gasteiger partial charge in [-0.1, -0.05) is 13.0 Å². The molecule has 3 rings (SSSR count). The molecule has 1 aromatic carbocycles. The van der Waals surface area contributed by atoms with Gasteiger partial charge < -0.3 is 25.4 Å². The van der Waals surface area contributed by atoms with Crippen molar-refractivity contribution < 1.29 is 33.4 Å². The van der Waals surface area contributed by atoms with Crippen molar-refractivity contribution in [3.8, 4) is 0 Å². The van der Waals surface area contributed by atoms with Gasteiger partial charge in [-0.15, -0.1) is 0 Å². The van der Waals surface area contributed by atoms with E-state index in [0.717, 1.165) is 10.5 Å². The van der Waals surface area contributed by atoms with Crippen molar-refractivity contribution in [1.29, 1.82) is 0 Å². The summed E-state index contributed by atoms with van der Waals surface area (Å²) in [5, 5.41) is 12.4. The zero-order valence-electron chi connectivity index (χ0n) is 23.5. The summed E-state index contributed by atoms with van der Waals surface area (Å²) in [5.74, 6) is -1.23. The van der Waals surface area contributed by atoms with Gasteiger partial charge >= 0.3 is 12.1 Å². The van der Waals surface area contributed by atoms with Crippen molar-refractivity contribution in [3.05, 3.63) is 53.0 Å². The number of carbonyl (C=O) groups is 5. The highest BCUT2D eigenvalue weighted by atomic mass is 16.7. The summed E-state index contributed by atoms with van der Waals surface area (Å²) in [6, 6.07) is 3.96. The van der Waals surface area contributed by atoms with E-state index >= 15 is 0 Å². The first-order valence-electron chi connectivity index (χ1n) is 13.0. The molecule has 2 heterocycles. The number of esters is 1. The highest BCUT2D eigenvalue weighted by Gasteiger charge is 2.25. The second kappa shape index (κ2) is 13.9. The number of carbonyl (C=O) groups excluding carboxylic acids is 5. The molecule has 0 aliphatic heterocycles. The first-order valence-corrected chi connectivity index (χ1v) is 13.0. The Hall–Kier alpha value is -5.01. The summed E-state index contributed by atoms with van der Waals surface area (Å²) >= 11 is 0. The van der Waals surface area contributed by atoms with E-state index in [2.05, 4.69) is 26.0 Å². The summed E-state index contributed by atoms with van der Waals surface area (Å²) in [6.07, 6.45) is 2.79. The molecule has 0 fully saturated rings. The van der Waals surface area contributed by atoms with Gasteiger partial charge in [-0.05, 0) is 57.4 Å². The van der Waals surface area contributed by atoms with Crippen LogP contribution < -0.4 is 16.0 Å². The molecule has 4 amide bonds. The van der Waals surface area contributed by atoms with Crippen LogP contribution in [0.15, 0.2) is 30.7 Å². The molecular formula is C27H33N7O7. The number of hydrogen-bond donors (Lipinski definition) is 3. The lowest BCUT2D eigenvalue weighted by molar-refractivity contribution is -0.154. The lowest BCUT2D eigenvalue weighted by atomic mass is 10.1. The van der Waals surface area contributed by atoms with Crippen LogP contribution in [-0.4, -0.2) is 75.7 Å². The molecule has 0 radical (unpaired) electrons. The Morgan fingerprint density at radius 2 is 1.90 bits per heavy atom. The normalized spacial score (nSPS) is 11.3. The van der Waals surface area contributed by atoms with Crippen molar-refractivity contribution in [2.45, 2.75) is 47.1 Å². The number of aromatic nitrogens is 3. The highest BCUT2D eigenvalue weighted by molar-refractivity contribution is 6.04. The Kier molecular flexibility index (Phi) is 10.3. The molecule has 0 saturated heterocycles. The summed E-state index contributed by atoms with van der Waals surface area (Å²) in [5.41, 5.74) is 3.27. The Morgan fingerprint density at radius 3 is 2.59 bits per heavy atom. The van der Waals surface area contributed by atoms with Gasteiger partial charge in [-0.25, -0.2) is 24.0 Å². The minimum Gasteiger partial charge on any atom is -0.426 e. The van der Waals surface area contributed by atoms with E-state index in [1.54, 1.807) is 42.8 Å². The third kappa shape index (κ3) is 7.15. The fourth-order valence-electron chi connectivity index (χ4n) is 3.92. The number of nitrogens with zero attached hydrogens (tertiary/aromatic N) is 4. The number of amides is 4. The SMILES string of the molecule is CCCN(C(=O)OCOC(=O)C(C)NC=O)C(=O)c1ccc(C)c(Nc2ncnn3cc(C(=O)NCC)c(C)c23)c1. The van der Waals surface area contributed by atoms with E-state index in [1.165, 1.54) is 13.3 Å². The standard InChI is InChI=1S/C27H33N7O7/c1-6-10-33(27(39)41-15-40-26(38)18(5)30-14-35)25(37)19-9-8-16(3)21(11-19)32-23-22-17(4)20(24(36)28-7-2)12-34(22)31-13-29-23/h8-9,11-14,18H,6-7,10,15H2,1-5H3,(H,28,36)(H,30,35)(H,29,31,32). The number of anilines is 2. The molecule has 3 N–H and O–H groups in total. The van der Waals surface area contributed by atoms with Gasteiger partial charge in [0, 0.05) is 30.5 Å². The molecule has 0 bridgehead atoms. The lowest BCUT2D eigenvalue weighted by Crippen LogP contribution is -2.39. The number of hydrogen-bond acceptors (Lipinski definition) is 10. The monoisotopic (exact) mass is 567 g/mol. The molecule has 0 spiro atoms. The van der Waals surface area contributed by atoms with Crippen molar-refractivity contribution in [2.24, 2.45) is 0 Å². The first kappa shape index (κ1) is 30.5. The maximum atomic E-state index is 13.4. The van der Waals surface area contributed by atoms with Gasteiger partial charge in [0.05, 0.1) is 5.56 Å². The smallest absolute Gasteiger partial charge is 0.419 e.